The van der Waals surface area contributed by atoms with Crippen LogP contribution >= 0.6 is 0 Å². The van der Waals surface area contributed by atoms with E-state index in [0.29, 0.717) is 17.4 Å². The van der Waals surface area contributed by atoms with Crippen LogP contribution in [0.15, 0.2) is 23.1 Å². The predicted molar refractivity (Wildman–Crippen MR) is 73.3 cm³/mol. The molecule has 0 unspecified atom stereocenters. The molecule has 2 N–H and O–H groups in total. The Hall–Kier alpha value is -1.07. The fourth-order valence-electron chi connectivity index (χ4n) is 1.97. The Morgan fingerprint density at radius 1 is 1.39 bits per heavy atom. The van der Waals surface area contributed by atoms with Crippen molar-refractivity contribution in [2.24, 2.45) is 5.92 Å². The molecule has 5 heteroatoms. The van der Waals surface area contributed by atoms with Crippen molar-refractivity contribution >= 4 is 15.7 Å². The van der Waals surface area contributed by atoms with Gasteiger partial charge in [0.05, 0.1) is 4.90 Å². The first-order valence-electron chi connectivity index (χ1n) is 6.35. The normalized spacial score (nSPS) is 15.3. The van der Waals surface area contributed by atoms with Crippen LogP contribution in [0.4, 0.5) is 5.69 Å². The number of rotatable bonds is 4. The van der Waals surface area contributed by atoms with E-state index in [2.05, 4.69) is 10.0 Å². The molecular formula is C13H20N2O2S. The molecular weight excluding hydrogens is 248 g/mol. The van der Waals surface area contributed by atoms with E-state index in [1.807, 2.05) is 19.9 Å². The van der Waals surface area contributed by atoms with E-state index in [1.165, 1.54) is 5.56 Å². The molecule has 0 saturated heterocycles. The van der Waals surface area contributed by atoms with Gasteiger partial charge in [-0.15, -0.1) is 0 Å². The summed E-state index contributed by atoms with van der Waals surface area (Å²) in [5.41, 5.74) is 2.15. The molecule has 0 atom stereocenters. The molecule has 1 heterocycles. The van der Waals surface area contributed by atoms with E-state index in [9.17, 15) is 8.42 Å². The van der Waals surface area contributed by atoms with Crippen LogP contribution in [0, 0.1) is 5.92 Å². The lowest BCUT2D eigenvalue weighted by molar-refractivity contribution is 0.560. The smallest absolute Gasteiger partial charge is 0.240 e. The molecule has 1 aromatic carbocycles. The van der Waals surface area contributed by atoms with Crippen molar-refractivity contribution in [1.82, 2.24) is 4.72 Å². The summed E-state index contributed by atoms with van der Waals surface area (Å²) in [6.07, 6.45) is 2.12. The maximum absolute atomic E-state index is 12.1. The molecule has 1 aliphatic rings. The Morgan fingerprint density at radius 3 is 2.89 bits per heavy atom. The van der Waals surface area contributed by atoms with E-state index >= 15 is 0 Å². The van der Waals surface area contributed by atoms with Crippen LogP contribution in [0.5, 0.6) is 0 Å². The van der Waals surface area contributed by atoms with Crippen molar-refractivity contribution in [1.29, 1.82) is 0 Å². The van der Waals surface area contributed by atoms with Crippen molar-refractivity contribution < 1.29 is 8.42 Å². The van der Waals surface area contributed by atoms with Gasteiger partial charge in [-0.1, -0.05) is 19.9 Å². The summed E-state index contributed by atoms with van der Waals surface area (Å²) in [4.78, 5) is 0.344. The Bertz CT molecular complexity index is 524. The molecule has 0 spiro atoms. The number of anilines is 1. The lowest BCUT2D eigenvalue weighted by Crippen LogP contribution is -2.27. The first-order valence-corrected chi connectivity index (χ1v) is 7.84. The molecule has 0 fully saturated rings. The van der Waals surface area contributed by atoms with Gasteiger partial charge in [-0.3, -0.25) is 0 Å². The summed E-state index contributed by atoms with van der Waals surface area (Å²) in [5, 5.41) is 3.25. The average Bonchev–Trinajstić information content (AvgIpc) is 2.36. The van der Waals surface area contributed by atoms with Crippen molar-refractivity contribution in [3.8, 4) is 0 Å². The monoisotopic (exact) mass is 268 g/mol. The standard InChI is InChI=1S/C13H20N2O2S/c1-10(2)9-15-18(16,17)12-6-5-11-4-3-7-14-13(11)8-12/h5-6,8,10,14-15H,3-4,7,9H2,1-2H3. The van der Waals surface area contributed by atoms with Crippen molar-refractivity contribution in [3.63, 3.8) is 0 Å². The Labute approximate surface area is 109 Å². The summed E-state index contributed by atoms with van der Waals surface area (Å²) in [5.74, 6) is 0.301. The molecule has 0 amide bonds. The van der Waals surface area contributed by atoms with Gasteiger partial charge >= 0.3 is 0 Å². The van der Waals surface area contributed by atoms with Crippen LogP contribution in [-0.2, 0) is 16.4 Å². The minimum Gasteiger partial charge on any atom is -0.385 e. The zero-order valence-corrected chi connectivity index (χ0v) is 11.7. The van der Waals surface area contributed by atoms with Gasteiger partial charge in [0.2, 0.25) is 10.0 Å². The molecule has 1 aliphatic heterocycles. The van der Waals surface area contributed by atoms with Crippen LogP contribution in [0.1, 0.15) is 25.8 Å². The maximum Gasteiger partial charge on any atom is 0.240 e. The van der Waals surface area contributed by atoms with Crippen molar-refractivity contribution in [2.75, 3.05) is 18.4 Å². The number of fused-ring (bicyclic) bond motifs is 1. The number of benzene rings is 1. The highest BCUT2D eigenvalue weighted by atomic mass is 32.2. The second kappa shape index (κ2) is 5.28. The number of sulfonamides is 1. The second-order valence-corrected chi connectivity index (χ2v) is 6.86. The Kier molecular flexibility index (Phi) is 3.92. The predicted octanol–water partition coefficient (Wildman–Crippen LogP) is 1.98. The lowest BCUT2D eigenvalue weighted by Gasteiger charge is -2.19. The van der Waals surface area contributed by atoms with Gasteiger partial charge in [0.1, 0.15) is 0 Å². The molecule has 0 radical (unpaired) electrons. The van der Waals surface area contributed by atoms with E-state index in [4.69, 9.17) is 0 Å². The first-order chi connectivity index (χ1) is 8.49. The highest BCUT2D eigenvalue weighted by Gasteiger charge is 2.17. The third kappa shape index (κ3) is 3.03. The van der Waals surface area contributed by atoms with Gasteiger partial charge < -0.3 is 5.32 Å². The fraction of sp³-hybridized carbons (Fsp3) is 0.538. The summed E-state index contributed by atoms with van der Waals surface area (Å²) < 4.78 is 26.8. The molecule has 0 aromatic heterocycles. The lowest BCUT2D eigenvalue weighted by atomic mass is 10.0. The summed E-state index contributed by atoms with van der Waals surface area (Å²) in [6.45, 7) is 5.34. The van der Waals surface area contributed by atoms with Gasteiger partial charge in [0.15, 0.2) is 0 Å². The highest BCUT2D eigenvalue weighted by molar-refractivity contribution is 7.89. The maximum atomic E-state index is 12.1. The van der Waals surface area contributed by atoms with Gasteiger partial charge in [-0.05, 0) is 36.5 Å². The highest BCUT2D eigenvalue weighted by Crippen LogP contribution is 2.25. The van der Waals surface area contributed by atoms with Crippen LogP contribution in [-0.4, -0.2) is 21.5 Å². The average molecular weight is 268 g/mol. The summed E-state index contributed by atoms with van der Waals surface area (Å²) >= 11 is 0. The number of hydrogen-bond donors (Lipinski definition) is 2. The molecule has 0 aliphatic carbocycles. The largest absolute Gasteiger partial charge is 0.385 e. The van der Waals surface area contributed by atoms with Crippen molar-refractivity contribution in [3.05, 3.63) is 23.8 Å². The topological polar surface area (TPSA) is 58.2 Å². The fourth-order valence-corrected chi connectivity index (χ4v) is 3.21. The zero-order valence-electron chi connectivity index (χ0n) is 10.9. The SMILES string of the molecule is CC(C)CNS(=O)(=O)c1ccc2c(c1)NCCC2. The third-order valence-corrected chi connectivity index (χ3v) is 4.43. The van der Waals surface area contributed by atoms with Crippen LogP contribution < -0.4 is 10.0 Å². The first kappa shape index (κ1) is 13.4. The molecule has 4 nitrogen and oxygen atoms in total. The van der Waals surface area contributed by atoms with E-state index < -0.39 is 10.0 Å². The minimum absolute atomic E-state index is 0.301. The molecule has 0 bridgehead atoms. The quantitative estimate of drug-likeness (QED) is 0.878. The molecule has 18 heavy (non-hydrogen) atoms. The Balaban J connectivity index is 2.22. The van der Waals surface area contributed by atoms with Gasteiger partial charge in [-0.2, -0.15) is 0 Å². The molecule has 1 aromatic rings. The third-order valence-electron chi connectivity index (χ3n) is 3.01. The summed E-state index contributed by atoms with van der Waals surface area (Å²) in [7, 11) is -3.38. The minimum atomic E-state index is -3.38. The molecule has 100 valence electrons. The number of aryl methyl sites for hydroxylation is 1. The van der Waals surface area contributed by atoms with Crippen LogP contribution in [0.3, 0.4) is 0 Å². The Morgan fingerprint density at radius 2 is 2.17 bits per heavy atom. The van der Waals surface area contributed by atoms with Crippen molar-refractivity contribution in [2.45, 2.75) is 31.6 Å². The van der Waals surface area contributed by atoms with Crippen LogP contribution in [0.2, 0.25) is 0 Å². The molecule has 0 saturated carbocycles. The zero-order chi connectivity index (χ0) is 13.2. The van der Waals surface area contributed by atoms with Gasteiger partial charge in [0, 0.05) is 18.8 Å². The van der Waals surface area contributed by atoms with Crippen LogP contribution in [0.25, 0.3) is 0 Å². The second-order valence-electron chi connectivity index (χ2n) is 5.10. The van der Waals surface area contributed by atoms with Gasteiger partial charge in [0.25, 0.3) is 0 Å². The van der Waals surface area contributed by atoms with E-state index in [-0.39, 0.29) is 0 Å². The van der Waals surface area contributed by atoms with E-state index in [0.717, 1.165) is 25.1 Å². The van der Waals surface area contributed by atoms with Gasteiger partial charge in [-0.25, -0.2) is 13.1 Å². The molecule has 2 rings (SSSR count). The number of hydrogen-bond acceptors (Lipinski definition) is 3. The summed E-state index contributed by atoms with van der Waals surface area (Å²) in [6, 6.07) is 5.33. The number of nitrogens with one attached hydrogen (secondary N) is 2. The van der Waals surface area contributed by atoms with E-state index in [1.54, 1.807) is 12.1 Å².